The number of ketones is 1. The van der Waals surface area contributed by atoms with Gasteiger partial charge in [0.1, 0.15) is 6.04 Å². The largest absolute Gasteiger partial charge is 0.316 e. The molecular weight excluding hydrogens is 224 g/mol. The Morgan fingerprint density at radius 2 is 1.61 bits per heavy atom. The van der Waals surface area contributed by atoms with Gasteiger partial charge >= 0.3 is 0 Å². The van der Waals surface area contributed by atoms with E-state index in [2.05, 4.69) is 4.99 Å². The van der Waals surface area contributed by atoms with Crippen molar-refractivity contribution < 1.29 is 4.79 Å². The Balaban J connectivity index is 2.17. The normalized spacial score (nSPS) is 18.2. The average molecular weight is 236 g/mol. The van der Waals surface area contributed by atoms with Crippen molar-refractivity contribution in [2.24, 2.45) is 10.7 Å². The highest BCUT2D eigenvalue weighted by Gasteiger charge is 2.28. The Labute approximate surface area is 105 Å². The number of carbonyl (C=O) groups excluding carboxylic acids is 1. The van der Waals surface area contributed by atoms with Gasteiger partial charge < -0.3 is 5.73 Å². The molecule has 3 heteroatoms. The molecule has 1 unspecified atom stereocenters. The fourth-order valence-electron chi connectivity index (χ4n) is 2.12. The molecule has 0 saturated heterocycles. The van der Waals surface area contributed by atoms with Crippen LogP contribution in [0.1, 0.15) is 15.9 Å². The van der Waals surface area contributed by atoms with Crippen molar-refractivity contribution in [2.75, 3.05) is 0 Å². The van der Waals surface area contributed by atoms with Crippen molar-refractivity contribution in [2.45, 2.75) is 6.04 Å². The highest BCUT2D eigenvalue weighted by atomic mass is 16.1. The maximum atomic E-state index is 12.2. The van der Waals surface area contributed by atoms with Gasteiger partial charge in [0.15, 0.2) is 5.78 Å². The Bertz CT molecular complexity index is 632. The smallest absolute Gasteiger partial charge is 0.187 e. The Morgan fingerprint density at radius 1 is 0.944 bits per heavy atom. The monoisotopic (exact) mass is 236 g/mol. The van der Waals surface area contributed by atoms with Crippen LogP contribution in [0.3, 0.4) is 0 Å². The van der Waals surface area contributed by atoms with Crippen LogP contribution in [0.4, 0.5) is 5.69 Å². The van der Waals surface area contributed by atoms with Crippen LogP contribution in [-0.2, 0) is 0 Å². The first-order valence-electron chi connectivity index (χ1n) is 5.80. The second kappa shape index (κ2) is 4.20. The van der Waals surface area contributed by atoms with E-state index in [4.69, 9.17) is 5.73 Å². The molecule has 0 saturated carbocycles. The first-order valence-corrected chi connectivity index (χ1v) is 5.80. The van der Waals surface area contributed by atoms with Crippen LogP contribution < -0.4 is 5.73 Å². The lowest BCUT2D eigenvalue weighted by Crippen LogP contribution is -2.41. The predicted molar refractivity (Wildman–Crippen MR) is 71.4 cm³/mol. The lowest BCUT2D eigenvalue weighted by atomic mass is 9.92. The number of nitrogens with zero attached hydrogens (tertiary/aromatic N) is 1. The molecule has 0 spiro atoms. The Morgan fingerprint density at radius 3 is 2.39 bits per heavy atom. The van der Waals surface area contributed by atoms with Gasteiger partial charge in [-0.3, -0.25) is 4.79 Å². The Kier molecular flexibility index (Phi) is 2.54. The van der Waals surface area contributed by atoms with E-state index < -0.39 is 6.04 Å². The minimum Gasteiger partial charge on any atom is -0.316 e. The van der Waals surface area contributed by atoms with E-state index in [0.717, 1.165) is 5.56 Å². The number of hydrogen-bond donors (Lipinski definition) is 1. The van der Waals surface area contributed by atoms with Crippen LogP contribution in [-0.4, -0.2) is 17.5 Å². The zero-order chi connectivity index (χ0) is 12.5. The highest BCUT2D eigenvalue weighted by molar-refractivity contribution is 6.25. The average Bonchev–Trinajstić information content (AvgIpc) is 2.44. The number of aliphatic imine (C=N–C) groups is 1. The number of rotatable bonds is 1. The predicted octanol–water partition coefficient (Wildman–Crippen LogP) is 2.33. The number of nitrogens with two attached hydrogens (primary N) is 1. The number of fused-ring (bicyclic) bond motifs is 1. The van der Waals surface area contributed by atoms with Gasteiger partial charge in [0, 0.05) is 5.56 Å². The zero-order valence-corrected chi connectivity index (χ0v) is 9.71. The fraction of sp³-hybridized carbons (Fsp3) is 0.0667. The number of Topliss-reactive ketones (excluding diaryl/α,β-unsaturated/α-hetero) is 1. The minimum atomic E-state index is -0.678. The molecule has 1 aliphatic heterocycles. The summed E-state index contributed by atoms with van der Waals surface area (Å²) in [7, 11) is 0. The molecule has 2 N–H and O–H groups in total. The fourth-order valence-corrected chi connectivity index (χ4v) is 2.12. The number of hydrogen-bond acceptors (Lipinski definition) is 3. The third-order valence-corrected chi connectivity index (χ3v) is 3.06. The number of carbonyl (C=O) groups is 1. The number of para-hydroxylation sites is 1. The quantitative estimate of drug-likeness (QED) is 0.826. The van der Waals surface area contributed by atoms with Crippen molar-refractivity contribution in [3.8, 4) is 0 Å². The summed E-state index contributed by atoms with van der Waals surface area (Å²) in [6.07, 6.45) is 0. The van der Waals surface area contributed by atoms with E-state index in [1.807, 2.05) is 48.5 Å². The molecule has 0 aromatic heterocycles. The SMILES string of the molecule is NC1C(=O)c2ccccc2N=C1c1ccccc1. The molecule has 0 fully saturated rings. The third-order valence-electron chi connectivity index (χ3n) is 3.06. The van der Waals surface area contributed by atoms with Gasteiger partial charge in [-0.05, 0) is 17.7 Å². The van der Waals surface area contributed by atoms with Crippen molar-refractivity contribution in [3.63, 3.8) is 0 Å². The molecule has 0 bridgehead atoms. The molecule has 18 heavy (non-hydrogen) atoms. The van der Waals surface area contributed by atoms with Gasteiger partial charge in [0.05, 0.1) is 11.4 Å². The van der Waals surface area contributed by atoms with Gasteiger partial charge in [0.2, 0.25) is 0 Å². The first kappa shape index (κ1) is 10.9. The van der Waals surface area contributed by atoms with E-state index in [1.54, 1.807) is 6.07 Å². The molecular formula is C15H12N2O. The van der Waals surface area contributed by atoms with Crippen molar-refractivity contribution in [1.29, 1.82) is 0 Å². The van der Waals surface area contributed by atoms with Crippen molar-refractivity contribution in [1.82, 2.24) is 0 Å². The molecule has 3 rings (SSSR count). The van der Waals surface area contributed by atoms with Gasteiger partial charge in [-0.1, -0.05) is 42.5 Å². The van der Waals surface area contributed by atoms with Gasteiger partial charge in [-0.2, -0.15) is 0 Å². The summed E-state index contributed by atoms with van der Waals surface area (Å²) in [5.74, 6) is -0.0700. The lowest BCUT2D eigenvalue weighted by Gasteiger charge is -2.20. The molecule has 1 heterocycles. The van der Waals surface area contributed by atoms with Crippen LogP contribution >= 0.6 is 0 Å². The lowest BCUT2D eigenvalue weighted by molar-refractivity contribution is 0.0983. The van der Waals surface area contributed by atoms with Crippen LogP contribution in [0.2, 0.25) is 0 Å². The zero-order valence-electron chi connectivity index (χ0n) is 9.71. The maximum Gasteiger partial charge on any atom is 0.187 e. The topological polar surface area (TPSA) is 55.5 Å². The molecule has 0 radical (unpaired) electrons. The van der Waals surface area contributed by atoms with Gasteiger partial charge in [-0.15, -0.1) is 0 Å². The molecule has 88 valence electrons. The second-order valence-electron chi connectivity index (χ2n) is 4.22. The van der Waals surface area contributed by atoms with Gasteiger partial charge in [-0.25, -0.2) is 4.99 Å². The minimum absolute atomic E-state index is 0.0700. The summed E-state index contributed by atoms with van der Waals surface area (Å²) in [5.41, 5.74) is 8.82. The van der Waals surface area contributed by atoms with E-state index in [1.165, 1.54) is 0 Å². The van der Waals surface area contributed by atoms with E-state index in [9.17, 15) is 4.79 Å². The Hall–Kier alpha value is -2.26. The first-order chi connectivity index (χ1) is 8.77. The summed E-state index contributed by atoms with van der Waals surface area (Å²) in [6, 6.07) is 16.2. The highest BCUT2D eigenvalue weighted by Crippen LogP contribution is 2.26. The van der Waals surface area contributed by atoms with Crippen LogP contribution in [0.15, 0.2) is 59.6 Å². The van der Waals surface area contributed by atoms with Crippen LogP contribution in [0.25, 0.3) is 0 Å². The molecule has 1 aliphatic rings. The van der Waals surface area contributed by atoms with Crippen molar-refractivity contribution >= 4 is 17.2 Å². The summed E-state index contributed by atoms with van der Waals surface area (Å²) < 4.78 is 0. The van der Waals surface area contributed by atoms with E-state index in [0.29, 0.717) is 17.0 Å². The number of benzene rings is 2. The summed E-state index contributed by atoms with van der Waals surface area (Å²) in [6.45, 7) is 0. The standard InChI is InChI=1S/C15H12N2O/c16-13-14(10-6-2-1-3-7-10)17-12-9-5-4-8-11(12)15(13)18/h1-9,13H,16H2. The maximum absolute atomic E-state index is 12.2. The molecule has 2 aromatic rings. The second-order valence-corrected chi connectivity index (χ2v) is 4.22. The molecule has 0 amide bonds. The third kappa shape index (κ3) is 1.65. The molecule has 2 aromatic carbocycles. The molecule has 0 aliphatic carbocycles. The summed E-state index contributed by atoms with van der Waals surface area (Å²) in [5, 5.41) is 0. The van der Waals surface area contributed by atoms with Crippen LogP contribution in [0.5, 0.6) is 0 Å². The van der Waals surface area contributed by atoms with Crippen molar-refractivity contribution in [3.05, 3.63) is 65.7 Å². The summed E-state index contributed by atoms with van der Waals surface area (Å²) in [4.78, 5) is 16.7. The molecule has 1 atom stereocenters. The van der Waals surface area contributed by atoms with Gasteiger partial charge in [0.25, 0.3) is 0 Å². The van der Waals surface area contributed by atoms with Crippen LogP contribution in [0, 0.1) is 0 Å². The summed E-state index contributed by atoms with van der Waals surface area (Å²) >= 11 is 0. The van der Waals surface area contributed by atoms with E-state index in [-0.39, 0.29) is 5.78 Å². The van der Waals surface area contributed by atoms with E-state index >= 15 is 0 Å². The molecule has 3 nitrogen and oxygen atoms in total.